The Hall–Kier alpha value is -2.89. The molecule has 0 saturated heterocycles. The number of allylic oxidation sites excluding steroid dienone is 10. The second-order valence-corrected chi connectivity index (χ2v) is 17.4. The highest BCUT2D eigenvalue weighted by molar-refractivity contribution is 5.71. The number of carbonyl (C=O) groups excluding carboxylic acids is 3. The molecule has 0 aliphatic rings. The summed E-state index contributed by atoms with van der Waals surface area (Å²) in [7, 11) is 0. The molecule has 358 valence electrons. The van der Waals surface area contributed by atoms with E-state index in [1.54, 1.807) is 0 Å². The molecule has 6 heteroatoms. The Bertz CT molecular complexity index is 1130. The van der Waals surface area contributed by atoms with Gasteiger partial charge in [-0.2, -0.15) is 0 Å². The first-order valence-corrected chi connectivity index (χ1v) is 26.3. The number of carbonyl (C=O) groups is 3. The Morgan fingerprint density at radius 2 is 0.629 bits per heavy atom. The van der Waals surface area contributed by atoms with E-state index in [1.807, 2.05) is 0 Å². The molecule has 0 rings (SSSR count). The summed E-state index contributed by atoms with van der Waals surface area (Å²) in [6.45, 7) is 6.48. The van der Waals surface area contributed by atoms with Gasteiger partial charge in [-0.1, -0.05) is 216 Å². The average Bonchev–Trinajstić information content (AvgIpc) is 3.27. The predicted molar refractivity (Wildman–Crippen MR) is 265 cm³/mol. The van der Waals surface area contributed by atoms with Crippen LogP contribution in [0.25, 0.3) is 0 Å². The lowest BCUT2D eigenvalue weighted by molar-refractivity contribution is -0.167. The van der Waals surface area contributed by atoms with E-state index in [1.165, 1.54) is 122 Å². The number of rotatable bonds is 47. The Morgan fingerprint density at radius 1 is 0.339 bits per heavy atom. The highest BCUT2D eigenvalue weighted by atomic mass is 16.6. The number of hydrogen-bond donors (Lipinski definition) is 0. The van der Waals surface area contributed by atoms with Crippen LogP contribution < -0.4 is 0 Å². The molecule has 0 aliphatic carbocycles. The van der Waals surface area contributed by atoms with Gasteiger partial charge in [0.1, 0.15) is 13.2 Å². The van der Waals surface area contributed by atoms with Gasteiger partial charge in [-0.15, -0.1) is 0 Å². The van der Waals surface area contributed by atoms with Crippen LogP contribution in [0.1, 0.15) is 258 Å². The Kier molecular flexibility index (Phi) is 48.4. The van der Waals surface area contributed by atoms with Crippen molar-refractivity contribution in [3.63, 3.8) is 0 Å². The molecule has 6 nitrogen and oxygen atoms in total. The van der Waals surface area contributed by atoms with Crippen LogP contribution in [0.3, 0.4) is 0 Å². The number of esters is 3. The lowest BCUT2D eigenvalue weighted by Gasteiger charge is -2.18. The highest BCUT2D eigenvalue weighted by Gasteiger charge is 2.19. The van der Waals surface area contributed by atoms with Crippen LogP contribution in [0, 0.1) is 0 Å². The summed E-state index contributed by atoms with van der Waals surface area (Å²) in [6, 6.07) is 0. The third-order valence-corrected chi connectivity index (χ3v) is 11.3. The molecular weight excluding hydrogens is 769 g/mol. The summed E-state index contributed by atoms with van der Waals surface area (Å²) >= 11 is 0. The van der Waals surface area contributed by atoms with E-state index in [-0.39, 0.29) is 31.1 Å². The van der Waals surface area contributed by atoms with Crippen molar-refractivity contribution in [3.05, 3.63) is 60.8 Å². The van der Waals surface area contributed by atoms with Crippen LogP contribution in [0.5, 0.6) is 0 Å². The fourth-order valence-corrected chi connectivity index (χ4v) is 7.31. The number of unbranched alkanes of at least 4 members (excludes halogenated alkanes) is 26. The molecule has 0 spiro atoms. The molecule has 0 bridgehead atoms. The van der Waals surface area contributed by atoms with Gasteiger partial charge in [-0.25, -0.2) is 0 Å². The third-order valence-electron chi connectivity index (χ3n) is 11.3. The Morgan fingerprint density at radius 3 is 1.03 bits per heavy atom. The van der Waals surface area contributed by atoms with Crippen molar-refractivity contribution in [1.29, 1.82) is 0 Å². The molecule has 0 aromatic carbocycles. The molecule has 0 aromatic rings. The van der Waals surface area contributed by atoms with E-state index in [4.69, 9.17) is 14.2 Å². The summed E-state index contributed by atoms with van der Waals surface area (Å²) in [6.07, 6.45) is 62.0. The second kappa shape index (κ2) is 50.8. The van der Waals surface area contributed by atoms with Crippen molar-refractivity contribution in [2.24, 2.45) is 0 Å². The van der Waals surface area contributed by atoms with Crippen molar-refractivity contribution < 1.29 is 28.6 Å². The maximum Gasteiger partial charge on any atom is 0.306 e. The van der Waals surface area contributed by atoms with E-state index in [0.717, 1.165) is 96.3 Å². The lowest BCUT2D eigenvalue weighted by Crippen LogP contribution is -2.30. The monoisotopic (exact) mass is 867 g/mol. The predicted octanol–water partition coefficient (Wildman–Crippen LogP) is 17.3. The first kappa shape index (κ1) is 59.1. The van der Waals surface area contributed by atoms with Gasteiger partial charge in [0.05, 0.1) is 0 Å². The van der Waals surface area contributed by atoms with Gasteiger partial charge >= 0.3 is 17.9 Å². The molecule has 1 atom stereocenters. The second-order valence-electron chi connectivity index (χ2n) is 17.4. The molecule has 0 aliphatic heterocycles. The minimum Gasteiger partial charge on any atom is -0.462 e. The molecule has 0 aromatic heterocycles. The average molecular weight is 867 g/mol. The van der Waals surface area contributed by atoms with Crippen molar-refractivity contribution in [1.82, 2.24) is 0 Å². The summed E-state index contributed by atoms with van der Waals surface area (Å²) in [4.78, 5) is 38.0. The Balaban J connectivity index is 4.40. The maximum atomic E-state index is 12.8. The van der Waals surface area contributed by atoms with Gasteiger partial charge in [-0.3, -0.25) is 14.4 Å². The molecule has 0 saturated carbocycles. The topological polar surface area (TPSA) is 78.9 Å². The van der Waals surface area contributed by atoms with Crippen molar-refractivity contribution in [2.75, 3.05) is 13.2 Å². The molecule has 0 fully saturated rings. The van der Waals surface area contributed by atoms with E-state index < -0.39 is 6.10 Å². The van der Waals surface area contributed by atoms with Crippen molar-refractivity contribution >= 4 is 17.9 Å². The van der Waals surface area contributed by atoms with Crippen molar-refractivity contribution in [2.45, 2.75) is 264 Å². The number of hydrogen-bond acceptors (Lipinski definition) is 6. The molecule has 1 unspecified atom stereocenters. The summed E-state index contributed by atoms with van der Waals surface area (Å²) < 4.78 is 16.8. The van der Waals surface area contributed by atoms with Gasteiger partial charge < -0.3 is 14.2 Å². The van der Waals surface area contributed by atoms with Crippen LogP contribution in [0.2, 0.25) is 0 Å². The van der Waals surface area contributed by atoms with Crippen LogP contribution >= 0.6 is 0 Å². The van der Waals surface area contributed by atoms with Crippen LogP contribution in [0.15, 0.2) is 60.8 Å². The van der Waals surface area contributed by atoms with Gasteiger partial charge in [0.2, 0.25) is 0 Å². The fraction of sp³-hybridized carbons (Fsp3) is 0.768. The zero-order valence-corrected chi connectivity index (χ0v) is 40.9. The first-order chi connectivity index (χ1) is 30.5. The molecule has 0 heterocycles. The van der Waals surface area contributed by atoms with Crippen LogP contribution in [-0.4, -0.2) is 37.2 Å². The SMILES string of the molecule is CC/C=C\C/C=C\C/C=C\CCCCCC(=O)OCC(COC(=O)CCCCCCCCC/C=C\C/C=C\CCCCC)OC(=O)CCCCCCCCCCCCCCCC. The zero-order valence-electron chi connectivity index (χ0n) is 40.9. The summed E-state index contributed by atoms with van der Waals surface area (Å²) in [5.74, 6) is -0.917. The summed E-state index contributed by atoms with van der Waals surface area (Å²) in [5, 5.41) is 0. The standard InChI is InChI=1S/C56H98O6/c1-4-7-10-13-16-19-22-25-27-28-29-32-34-37-40-43-46-49-55(58)61-52-53(51-60-54(57)48-45-42-39-36-33-30-24-21-18-15-12-9-6-3)62-56(59)50-47-44-41-38-35-31-26-23-20-17-14-11-8-5-2/h9,12,16,18-19,21,25,27,30,33,53H,4-8,10-11,13-15,17,20,22-24,26,28-29,31-32,34-52H2,1-3H3/b12-9-,19-16-,21-18-,27-25-,33-30-. The third kappa shape index (κ3) is 48.1. The van der Waals surface area contributed by atoms with E-state index >= 15 is 0 Å². The maximum absolute atomic E-state index is 12.8. The quantitative estimate of drug-likeness (QED) is 0.0262. The van der Waals surface area contributed by atoms with Crippen molar-refractivity contribution in [3.8, 4) is 0 Å². The van der Waals surface area contributed by atoms with E-state index in [9.17, 15) is 14.4 Å². The first-order valence-electron chi connectivity index (χ1n) is 26.3. The zero-order chi connectivity index (χ0) is 45.1. The highest BCUT2D eigenvalue weighted by Crippen LogP contribution is 2.15. The molecule has 0 amide bonds. The normalized spacial score (nSPS) is 12.5. The van der Waals surface area contributed by atoms with Crippen LogP contribution in [-0.2, 0) is 28.6 Å². The minimum absolute atomic E-state index is 0.0861. The summed E-state index contributed by atoms with van der Waals surface area (Å²) in [5.41, 5.74) is 0. The smallest absolute Gasteiger partial charge is 0.306 e. The van der Waals surface area contributed by atoms with Crippen LogP contribution in [0.4, 0.5) is 0 Å². The largest absolute Gasteiger partial charge is 0.462 e. The van der Waals surface area contributed by atoms with Gasteiger partial charge in [0.25, 0.3) is 0 Å². The van der Waals surface area contributed by atoms with Gasteiger partial charge in [0.15, 0.2) is 6.10 Å². The molecule has 0 N–H and O–H groups in total. The van der Waals surface area contributed by atoms with Gasteiger partial charge in [-0.05, 0) is 83.5 Å². The fourth-order valence-electron chi connectivity index (χ4n) is 7.31. The minimum atomic E-state index is -0.786. The number of ether oxygens (including phenoxy) is 3. The van der Waals surface area contributed by atoms with Gasteiger partial charge in [0, 0.05) is 19.3 Å². The lowest BCUT2D eigenvalue weighted by atomic mass is 10.0. The Labute approximate surface area is 383 Å². The van der Waals surface area contributed by atoms with E-state index in [2.05, 4.69) is 81.5 Å². The molecular formula is C56H98O6. The molecule has 62 heavy (non-hydrogen) atoms. The molecule has 0 radical (unpaired) electrons. The van der Waals surface area contributed by atoms with E-state index in [0.29, 0.717) is 19.3 Å².